The summed E-state index contributed by atoms with van der Waals surface area (Å²) in [6.45, 7) is 7.60. The molecule has 1 aliphatic heterocycles. The molecule has 0 amide bonds. The number of Topliss-reactive ketones (excluding diaryl/α,β-unsaturated/α-hetero) is 2. The third-order valence-corrected chi connectivity index (χ3v) is 3.34. The SMILES string of the molecule is Cc1cccc2c1NC(C(=O)C(C)(C)C)CC2=O. The summed E-state index contributed by atoms with van der Waals surface area (Å²) in [4.78, 5) is 24.4. The Hall–Kier alpha value is -1.64. The van der Waals surface area contributed by atoms with Crippen molar-refractivity contribution in [3.63, 3.8) is 0 Å². The smallest absolute Gasteiger partial charge is 0.167 e. The molecule has 0 saturated carbocycles. The summed E-state index contributed by atoms with van der Waals surface area (Å²) in [5, 5.41) is 3.23. The van der Waals surface area contributed by atoms with Gasteiger partial charge in [-0.05, 0) is 18.6 Å². The number of benzene rings is 1. The second-order valence-corrected chi connectivity index (χ2v) is 5.94. The Balaban J connectivity index is 2.36. The first-order valence-electron chi connectivity index (χ1n) is 6.24. The van der Waals surface area contributed by atoms with Gasteiger partial charge in [0.1, 0.15) is 0 Å². The third-order valence-electron chi connectivity index (χ3n) is 3.34. The van der Waals surface area contributed by atoms with Crippen LogP contribution in [0.15, 0.2) is 18.2 Å². The van der Waals surface area contributed by atoms with Gasteiger partial charge in [-0.1, -0.05) is 32.9 Å². The highest BCUT2D eigenvalue weighted by atomic mass is 16.1. The molecule has 0 fully saturated rings. The number of anilines is 1. The maximum atomic E-state index is 12.3. The van der Waals surface area contributed by atoms with Gasteiger partial charge in [0.25, 0.3) is 0 Å². The molecule has 3 heteroatoms. The monoisotopic (exact) mass is 245 g/mol. The number of ketones is 2. The molecule has 1 heterocycles. The number of carbonyl (C=O) groups excluding carboxylic acids is 2. The zero-order chi connectivity index (χ0) is 13.5. The summed E-state index contributed by atoms with van der Waals surface area (Å²) < 4.78 is 0. The van der Waals surface area contributed by atoms with Crippen LogP contribution >= 0.6 is 0 Å². The number of fused-ring (bicyclic) bond motifs is 1. The van der Waals surface area contributed by atoms with Crippen LogP contribution in [0.3, 0.4) is 0 Å². The molecule has 0 spiro atoms. The molecule has 0 saturated heterocycles. The maximum absolute atomic E-state index is 12.3. The molecule has 1 aromatic carbocycles. The molecule has 18 heavy (non-hydrogen) atoms. The highest BCUT2D eigenvalue weighted by Gasteiger charge is 2.35. The predicted octanol–water partition coefficient (Wildman–Crippen LogP) is 2.98. The van der Waals surface area contributed by atoms with E-state index in [4.69, 9.17) is 0 Å². The first kappa shape index (κ1) is 12.8. The van der Waals surface area contributed by atoms with Crippen molar-refractivity contribution >= 4 is 17.3 Å². The second kappa shape index (κ2) is 4.23. The molecule has 0 bridgehead atoms. The largest absolute Gasteiger partial charge is 0.374 e. The summed E-state index contributed by atoms with van der Waals surface area (Å²) in [7, 11) is 0. The number of rotatable bonds is 1. The van der Waals surface area contributed by atoms with E-state index in [1.807, 2.05) is 45.9 Å². The fourth-order valence-corrected chi connectivity index (χ4v) is 2.29. The Morgan fingerprint density at radius 3 is 2.61 bits per heavy atom. The van der Waals surface area contributed by atoms with Crippen LogP contribution in [0.4, 0.5) is 5.69 Å². The molecule has 1 unspecified atom stereocenters. The molecular weight excluding hydrogens is 226 g/mol. The van der Waals surface area contributed by atoms with Crippen molar-refractivity contribution in [3.05, 3.63) is 29.3 Å². The zero-order valence-corrected chi connectivity index (χ0v) is 11.3. The molecule has 2 rings (SSSR count). The lowest BCUT2D eigenvalue weighted by atomic mass is 9.82. The maximum Gasteiger partial charge on any atom is 0.167 e. The number of nitrogens with one attached hydrogen (secondary N) is 1. The van der Waals surface area contributed by atoms with E-state index in [9.17, 15) is 9.59 Å². The molecule has 1 aromatic rings. The lowest BCUT2D eigenvalue weighted by molar-refractivity contribution is -0.127. The van der Waals surface area contributed by atoms with Crippen LogP contribution in [-0.4, -0.2) is 17.6 Å². The Morgan fingerprint density at radius 2 is 2.00 bits per heavy atom. The van der Waals surface area contributed by atoms with Crippen LogP contribution < -0.4 is 5.32 Å². The van der Waals surface area contributed by atoms with E-state index in [2.05, 4.69) is 5.32 Å². The van der Waals surface area contributed by atoms with E-state index in [1.54, 1.807) is 0 Å². The average Bonchev–Trinajstić information content (AvgIpc) is 2.28. The van der Waals surface area contributed by atoms with Gasteiger partial charge in [-0.2, -0.15) is 0 Å². The Bertz CT molecular complexity index is 512. The van der Waals surface area contributed by atoms with Gasteiger partial charge < -0.3 is 5.32 Å². The van der Waals surface area contributed by atoms with E-state index in [0.717, 1.165) is 11.3 Å². The van der Waals surface area contributed by atoms with E-state index in [-0.39, 0.29) is 18.0 Å². The van der Waals surface area contributed by atoms with Crippen LogP contribution in [0.5, 0.6) is 0 Å². The van der Waals surface area contributed by atoms with Gasteiger partial charge in [0.15, 0.2) is 11.6 Å². The number of para-hydroxylation sites is 1. The molecule has 0 radical (unpaired) electrons. The number of hydrogen-bond acceptors (Lipinski definition) is 3. The van der Waals surface area contributed by atoms with E-state index >= 15 is 0 Å². The highest BCUT2D eigenvalue weighted by Crippen LogP contribution is 2.31. The van der Waals surface area contributed by atoms with Gasteiger partial charge in [0.2, 0.25) is 0 Å². The van der Waals surface area contributed by atoms with Crippen LogP contribution in [-0.2, 0) is 4.79 Å². The van der Waals surface area contributed by atoms with Gasteiger partial charge in [0, 0.05) is 23.1 Å². The Labute approximate surface area is 108 Å². The highest BCUT2D eigenvalue weighted by molar-refractivity contribution is 6.08. The molecule has 1 atom stereocenters. The van der Waals surface area contributed by atoms with Gasteiger partial charge >= 0.3 is 0 Å². The van der Waals surface area contributed by atoms with Gasteiger partial charge in [-0.3, -0.25) is 9.59 Å². The van der Waals surface area contributed by atoms with Crippen molar-refractivity contribution in [2.75, 3.05) is 5.32 Å². The number of hydrogen-bond donors (Lipinski definition) is 1. The van der Waals surface area contributed by atoms with Crippen LogP contribution in [0.2, 0.25) is 0 Å². The predicted molar refractivity (Wildman–Crippen MR) is 72.0 cm³/mol. The van der Waals surface area contributed by atoms with E-state index < -0.39 is 11.5 Å². The number of aryl methyl sites for hydroxylation is 1. The summed E-state index contributed by atoms with van der Waals surface area (Å²) in [5.74, 6) is 0.139. The molecule has 3 nitrogen and oxygen atoms in total. The van der Waals surface area contributed by atoms with Gasteiger partial charge in [0.05, 0.1) is 6.04 Å². The topological polar surface area (TPSA) is 46.2 Å². The third kappa shape index (κ3) is 2.17. The second-order valence-electron chi connectivity index (χ2n) is 5.94. The summed E-state index contributed by atoms with van der Waals surface area (Å²) in [5.41, 5.74) is 2.09. The molecular formula is C15H19NO2. The molecule has 0 aromatic heterocycles. The van der Waals surface area contributed by atoms with Crippen molar-refractivity contribution in [1.29, 1.82) is 0 Å². The number of carbonyl (C=O) groups is 2. The standard InChI is InChI=1S/C15H19NO2/c1-9-6-5-7-10-12(17)8-11(16-13(9)10)14(18)15(2,3)4/h5-7,11,16H,8H2,1-4H3. The minimum absolute atomic E-state index is 0.0510. The van der Waals surface area contributed by atoms with Crippen LogP contribution in [0, 0.1) is 12.3 Å². The van der Waals surface area contributed by atoms with Crippen LogP contribution in [0.25, 0.3) is 0 Å². The van der Waals surface area contributed by atoms with Crippen molar-refractivity contribution in [2.24, 2.45) is 5.41 Å². The molecule has 1 N–H and O–H groups in total. The summed E-state index contributed by atoms with van der Waals surface area (Å²) in [6, 6.07) is 5.24. The van der Waals surface area contributed by atoms with Crippen molar-refractivity contribution in [2.45, 2.75) is 40.2 Å². The summed E-state index contributed by atoms with van der Waals surface area (Å²) in [6.07, 6.45) is 0.257. The van der Waals surface area contributed by atoms with E-state index in [0.29, 0.717) is 5.56 Å². The van der Waals surface area contributed by atoms with Gasteiger partial charge in [-0.15, -0.1) is 0 Å². The first-order chi connectivity index (χ1) is 8.30. The zero-order valence-electron chi connectivity index (χ0n) is 11.3. The first-order valence-corrected chi connectivity index (χ1v) is 6.24. The lowest BCUT2D eigenvalue weighted by Crippen LogP contribution is -2.42. The summed E-state index contributed by atoms with van der Waals surface area (Å²) >= 11 is 0. The molecule has 96 valence electrons. The fraction of sp³-hybridized carbons (Fsp3) is 0.467. The van der Waals surface area contributed by atoms with Crippen molar-refractivity contribution < 1.29 is 9.59 Å². The minimum Gasteiger partial charge on any atom is -0.374 e. The van der Waals surface area contributed by atoms with Gasteiger partial charge in [-0.25, -0.2) is 0 Å². The minimum atomic E-state index is -0.432. The van der Waals surface area contributed by atoms with Crippen molar-refractivity contribution in [3.8, 4) is 0 Å². The van der Waals surface area contributed by atoms with Crippen molar-refractivity contribution in [1.82, 2.24) is 0 Å². The Morgan fingerprint density at radius 1 is 1.33 bits per heavy atom. The average molecular weight is 245 g/mol. The van der Waals surface area contributed by atoms with E-state index in [1.165, 1.54) is 0 Å². The molecule has 0 aliphatic carbocycles. The normalized spacial score (nSPS) is 19.1. The Kier molecular flexibility index (Phi) is 3.01. The molecule has 1 aliphatic rings. The quantitative estimate of drug-likeness (QED) is 0.827. The van der Waals surface area contributed by atoms with Crippen LogP contribution in [0.1, 0.15) is 43.1 Å². The lowest BCUT2D eigenvalue weighted by Gasteiger charge is -2.30. The fourth-order valence-electron chi connectivity index (χ4n) is 2.29.